The van der Waals surface area contributed by atoms with Gasteiger partial charge in [-0.3, -0.25) is 9.59 Å². The van der Waals surface area contributed by atoms with E-state index in [1.807, 2.05) is 17.9 Å². The molecule has 0 bridgehead atoms. The van der Waals surface area contributed by atoms with E-state index < -0.39 is 5.41 Å². The van der Waals surface area contributed by atoms with Gasteiger partial charge < -0.3 is 10.2 Å². The van der Waals surface area contributed by atoms with Gasteiger partial charge in [0.25, 0.3) is 0 Å². The molecule has 2 fully saturated rings. The predicted molar refractivity (Wildman–Crippen MR) is 86.9 cm³/mol. The lowest BCUT2D eigenvalue weighted by molar-refractivity contribution is -0.143. The number of hydrogen-bond donors (Lipinski definition) is 1. The van der Waals surface area contributed by atoms with Gasteiger partial charge in [-0.05, 0) is 62.8 Å². The van der Waals surface area contributed by atoms with E-state index in [1.165, 1.54) is 6.42 Å². The first-order valence-electron chi connectivity index (χ1n) is 7.90. The Bertz CT molecular complexity index is 605. The minimum absolute atomic E-state index is 0.0105. The molecule has 1 aromatic carbocycles. The van der Waals surface area contributed by atoms with Gasteiger partial charge in [-0.1, -0.05) is 11.6 Å². The highest BCUT2D eigenvalue weighted by Crippen LogP contribution is 2.48. The van der Waals surface area contributed by atoms with Gasteiger partial charge in [0.15, 0.2) is 0 Å². The van der Waals surface area contributed by atoms with Crippen molar-refractivity contribution in [3.63, 3.8) is 0 Å². The van der Waals surface area contributed by atoms with Crippen LogP contribution in [0.15, 0.2) is 18.2 Å². The molecule has 1 aliphatic carbocycles. The quantitative estimate of drug-likeness (QED) is 0.868. The summed E-state index contributed by atoms with van der Waals surface area (Å²) in [5.74, 6) is -0.162. The molecule has 1 heterocycles. The fourth-order valence-electron chi connectivity index (χ4n) is 3.07. The van der Waals surface area contributed by atoms with E-state index in [4.69, 9.17) is 11.6 Å². The maximum atomic E-state index is 12.7. The summed E-state index contributed by atoms with van der Waals surface area (Å²) >= 11 is 5.93. The SMILES string of the molecule is Cc1cc(Cl)ccc1NC(=O)C1(C(=O)N2CCCCC2)CC1. The highest BCUT2D eigenvalue weighted by Gasteiger charge is 2.58. The molecule has 2 aliphatic rings. The fourth-order valence-corrected chi connectivity index (χ4v) is 3.30. The molecule has 2 amide bonds. The summed E-state index contributed by atoms with van der Waals surface area (Å²) in [6.07, 6.45) is 4.56. The summed E-state index contributed by atoms with van der Waals surface area (Å²) in [6, 6.07) is 5.34. The maximum absolute atomic E-state index is 12.7. The molecule has 22 heavy (non-hydrogen) atoms. The Balaban J connectivity index is 1.72. The smallest absolute Gasteiger partial charge is 0.240 e. The van der Waals surface area contributed by atoms with Crippen LogP contribution in [-0.4, -0.2) is 29.8 Å². The molecule has 118 valence electrons. The van der Waals surface area contributed by atoms with Crippen LogP contribution < -0.4 is 5.32 Å². The number of carbonyl (C=O) groups is 2. The summed E-state index contributed by atoms with van der Waals surface area (Å²) < 4.78 is 0. The Morgan fingerprint density at radius 3 is 2.45 bits per heavy atom. The van der Waals surface area contributed by atoms with Crippen molar-refractivity contribution in [3.05, 3.63) is 28.8 Å². The van der Waals surface area contributed by atoms with Gasteiger partial charge in [-0.25, -0.2) is 0 Å². The maximum Gasteiger partial charge on any atom is 0.240 e. The Morgan fingerprint density at radius 1 is 1.18 bits per heavy atom. The third kappa shape index (κ3) is 2.84. The number of nitrogens with one attached hydrogen (secondary N) is 1. The van der Waals surface area contributed by atoms with E-state index in [9.17, 15) is 9.59 Å². The zero-order valence-corrected chi connectivity index (χ0v) is 13.6. The second-order valence-electron chi connectivity index (χ2n) is 6.35. The summed E-state index contributed by atoms with van der Waals surface area (Å²) in [5.41, 5.74) is 0.804. The number of carbonyl (C=O) groups excluding carboxylic acids is 2. The van der Waals surface area contributed by atoms with E-state index in [-0.39, 0.29) is 11.8 Å². The first-order valence-corrected chi connectivity index (χ1v) is 8.28. The zero-order valence-electron chi connectivity index (χ0n) is 12.8. The van der Waals surface area contributed by atoms with Crippen molar-refractivity contribution in [2.75, 3.05) is 18.4 Å². The van der Waals surface area contributed by atoms with Gasteiger partial charge in [-0.15, -0.1) is 0 Å². The van der Waals surface area contributed by atoms with Crippen LogP contribution >= 0.6 is 11.6 Å². The first-order chi connectivity index (χ1) is 10.5. The highest BCUT2D eigenvalue weighted by molar-refractivity contribution is 6.30. The largest absolute Gasteiger partial charge is 0.342 e. The van der Waals surface area contributed by atoms with Gasteiger partial charge in [0, 0.05) is 23.8 Å². The summed E-state index contributed by atoms with van der Waals surface area (Å²) in [5, 5.41) is 3.55. The second kappa shape index (κ2) is 5.92. The van der Waals surface area contributed by atoms with Crippen LogP contribution in [-0.2, 0) is 9.59 Å². The molecular formula is C17H21ClN2O2. The van der Waals surface area contributed by atoms with Crippen LogP contribution in [0.1, 0.15) is 37.7 Å². The lowest BCUT2D eigenvalue weighted by Crippen LogP contribution is -2.45. The van der Waals surface area contributed by atoms with Crippen molar-refractivity contribution in [2.24, 2.45) is 5.41 Å². The first kappa shape index (κ1) is 15.3. The Hall–Kier alpha value is -1.55. The molecule has 0 atom stereocenters. The number of hydrogen-bond acceptors (Lipinski definition) is 2. The molecule has 1 saturated carbocycles. The van der Waals surface area contributed by atoms with Crippen LogP contribution in [0.2, 0.25) is 5.02 Å². The van der Waals surface area contributed by atoms with E-state index in [0.29, 0.717) is 17.9 Å². The van der Waals surface area contributed by atoms with E-state index in [1.54, 1.807) is 12.1 Å². The Morgan fingerprint density at radius 2 is 1.86 bits per heavy atom. The fraction of sp³-hybridized carbons (Fsp3) is 0.529. The van der Waals surface area contributed by atoms with Gasteiger partial charge in [0.2, 0.25) is 11.8 Å². The monoisotopic (exact) mass is 320 g/mol. The minimum Gasteiger partial charge on any atom is -0.342 e. The number of amides is 2. The van der Waals surface area contributed by atoms with Crippen molar-refractivity contribution in [1.82, 2.24) is 4.90 Å². The van der Waals surface area contributed by atoms with E-state index in [0.717, 1.165) is 37.2 Å². The average molecular weight is 321 g/mol. The zero-order chi connectivity index (χ0) is 15.7. The van der Waals surface area contributed by atoms with Crippen LogP contribution in [0.25, 0.3) is 0 Å². The number of anilines is 1. The van der Waals surface area contributed by atoms with Crippen molar-refractivity contribution < 1.29 is 9.59 Å². The topological polar surface area (TPSA) is 49.4 Å². The van der Waals surface area contributed by atoms with Gasteiger partial charge in [0.05, 0.1) is 0 Å². The standard InChI is InChI=1S/C17H21ClN2O2/c1-12-11-13(18)5-6-14(12)19-15(21)17(7-8-17)16(22)20-9-3-2-4-10-20/h5-6,11H,2-4,7-10H2,1H3,(H,19,21). The molecule has 1 aliphatic heterocycles. The lowest BCUT2D eigenvalue weighted by atomic mass is 10.0. The van der Waals surface area contributed by atoms with Gasteiger partial charge in [0.1, 0.15) is 5.41 Å². The summed E-state index contributed by atoms with van der Waals surface area (Å²) in [4.78, 5) is 27.2. The van der Waals surface area contributed by atoms with Crippen LogP contribution in [0.4, 0.5) is 5.69 Å². The second-order valence-corrected chi connectivity index (χ2v) is 6.78. The highest BCUT2D eigenvalue weighted by atomic mass is 35.5. The number of rotatable bonds is 3. The number of halogens is 1. The molecule has 4 nitrogen and oxygen atoms in total. The predicted octanol–water partition coefficient (Wildman–Crippen LogP) is 3.38. The summed E-state index contributed by atoms with van der Waals surface area (Å²) in [7, 11) is 0. The molecule has 1 aromatic rings. The summed E-state index contributed by atoms with van der Waals surface area (Å²) in [6.45, 7) is 3.47. The molecule has 0 aromatic heterocycles. The molecule has 1 saturated heterocycles. The van der Waals surface area contributed by atoms with Crippen LogP contribution in [0, 0.1) is 12.3 Å². The van der Waals surface area contributed by atoms with Crippen molar-refractivity contribution in [1.29, 1.82) is 0 Å². The van der Waals surface area contributed by atoms with Crippen LogP contribution in [0.3, 0.4) is 0 Å². The van der Waals surface area contributed by atoms with E-state index in [2.05, 4.69) is 5.32 Å². The molecule has 0 radical (unpaired) electrons. The van der Waals surface area contributed by atoms with Crippen molar-refractivity contribution in [2.45, 2.75) is 39.0 Å². The number of aryl methyl sites for hydroxylation is 1. The molecule has 0 unspecified atom stereocenters. The van der Waals surface area contributed by atoms with Gasteiger partial charge >= 0.3 is 0 Å². The number of benzene rings is 1. The number of piperidine rings is 1. The minimum atomic E-state index is -0.830. The van der Waals surface area contributed by atoms with Crippen molar-refractivity contribution >= 4 is 29.1 Å². The van der Waals surface area contributed by atoms with E-state index >= 15 is 0 Å². The molecule has 5 heteroatoms. The number of likely N-dealkylation sites (tertiary alicyclic amines) is 1. The normalized spacial score (nSPS) is 19.6. The van der Waals surface area contributed by atoms with Gasteiger partial charge in [-0.2, -0.15) is 0 Å². The lowest BCUT2D eigenvalue weighted by Gasteiger charge is -2.30. The third-order valence-electron chi connectivity index (χ3n) is 4.67. The third-order valence-corrected chi connectivity index (χ3v) is 4.91. The molecule has 1 N–H and O–H groups in total. The average Bonchev–Trinajstić information content (AvgIpc) is 3.32. The Kier molecular flexibility index (Phi) is 4.13. The number of nitrogens with zero attached hydrogens (tertiary/aromatic N) is 1. The van der Waals surface area contributed by atoms with Crippen molar-refractivity contribution in [3.8, 4) is 0 Å². The molecular weight excluding hydrogens is 300 g/mol. The Labute approximate surface area is 135 Å². The molecule has 3 rings (SSSR count). The molecule has 0 spiro atoms. The van der Waals surface area contributed by atoms with Crippen LogP contribution in [0.5, 0.6) is 0 Å².